The van der Waals surface area contributed by atoms with Crippen LogP contribution in [0.3, 0.4) is 0 Å². The van der Waals surface area contributed by atoms with Gasteiger partial charge in [0, 0.05) is 45.0 Å². The number of amides is 1. The fourth-order valence-electron chi connectivity index (χ4n) is 4.19. The third-order valence-corrected chi connectivity index (χ3v) is 8.42. The number of hydrogen-bond acceptors (Lipinski definition) is 4. The first-order chi connectivity index (χ1) is 14.1. The normalized spacial score (nSPS) is 15.9. The predicted molar refractivity (Wildman–Crippen MR) is 118 cm³/mol. The number of aromatic nitrogens is 1. The van der Waals surface area contributed by atoms with Crippen LogP contribution in [0.4, 0.5) is 0 Å². The van der Waals surface area contributed by atoms with E-state index in [0.717, 1.165) is 27.8 Å². The maximum atomic E-state index is 13.4. The van der Waals surface area contributed by atoms with Gasteiger partial charge in [-0.25, -0.2) is 8.42 Å². The standard InChI is InChI=1S/C23H31N3O3S/c1-16-14-17(2)19(4)22(18(16)3)30(28,29)26-12-8-21(9-13-26)23(27)25(5)15-20-6-10-24-11-7-20/h6-7,10-11,14,21H,8-9,12-13,15H2,1-5H3. The Kier molecular flexibility index (Phi) is 6.62. The van der Waals surface area contributed by atoms with Crippen LogP contribution < -0.4 is 0 Å². The van der Waals surface area contributed by atoms with E-state index in [1.54, 1.807) is 28.6 Å². The number of benzene rings is 1. The van der Waals surface area contributed by atoms with E-state index < -0.39 is 10.0 Å². The summed E-state index contributed by atoms with van der Waals surface area (Å²) >= 11 is 0. The highest BCUT2D eigenvalue weighted by atomic mass is 32.2. The topological polar surface area (TPSA) is 70.6 Å². The first-order valence-corrected chi connectivity index (χ1v) is 11.8. The van der Waals surface area contributed by atoms with E-state index in [2.05, 4.69) is 4.98 Å². The average molecular weight is 430 g/mol. The van der Waals surface area contributed by atoms with Crippen LogP contribution in [0.1, 0.15) is 40.7 Å². The lowest BCUT2D eigenvalue weighted by atomic mass is 9.96. The Balaban J connectivity index is 1.70. The largest absolute Gasteiger partial charge is 0.341 e. The van der Waals surface area contributed by atoms with Gasteiger partial charge in [0.25, 0.3) is 0 Å². The quantitative estimate of drug-likeness (QED) is 0.731. The van der Waals surface area contributed by atoms with Gasteiger partial charge in [0.1, 0.15) is 0 Å². The Hall–Kier alpha value is -2.25. The minimum atomic E-state index is -3.58. The lowest BCUT2D eigenvalue weighted by Gasteiger charge is -2.33. The van der Waals surface area contributed by atoms with Crippen molar-refractivity contribution in [1.82, 2.24) is 14.2 Å². The second kappa shape index (κ2) is 8.86. The zero-order valence-corrected chi connectivity index (χ0v) is 19.3. The first-order valence-electron chi connectivity index (χ1n) is 10.3. The summed E-state index contributed by atoms with van der Waals surface area (Å²) in [4.78, 5) is 19.0. The second-order valence-corrected chi connectivity index (χ2v) is 10.2. The number of aryl methyl sites for hydroxylation is 2. The van der Waals surface area contributed by atoms with Crippen LogP contribution in [0.15, 0.2) is 35.5 Å². The number of piperidine rings is 1. The molecular formula is C23H31N3O3S. The van der Waals surface area contributed by atoms with E-state index in [1.807, 2.05) is 45.9 Å². The molecule has 1 aliphatic heterocycles. The molecule has 1 fully saturated rings. The fourth-order valence-corrected chi connectivity index (χ4v) is 6.24. The van der Waals surface area contributed by atoms with E-state index in [9.17, 15) is 13.2 Å². The van der Waals surface area contributed by atoms with Gasteiger partial charge in [-0.15, -0.1) is 0 Å². The number of hydrogen-bond donors (Lipinski definition) is 0. The molecule has 1 aromatic heterocycles. The molecule has 0 atom stereocenters. The van der Waals surface area contributed by atoms with E-state index in [1.165, 1.54) is 0 Å². The minimum Gasteiger partial charge on any atom is -0.341 e. The summed E-state index contributed by atoms with van der Waals surface area (Å²) in [5.41, 5.74) is 4.63. The smallest absolute Gasteiger partial charge is 0.243 e. The zero-order chi connectivity index (χ0) is 22.1. The third kappa shape index (κ3) is 4.42. The minimum absolute atomic E-state index is 0.0719. The van der Waals surface area contributed by atoms with Gasteiger partial charge in [-0.1, -0.05) is 6.07 Å². The van der Waals surface area contributed by atoms with Gasteiger partial charge in [-0.3, -0.25) is 9.78 Å². The highest BCUT2D eigenvalue weighted by Crippen LogP contribution is 2.31. The van der Waals surface area contributed by atoms with Crippen LogP contribution in [-0.2, 0) is 21.4 Å². The van der Waals surface area contributed by atoms with Crippen molar-refractivity contribution in [3.8, 4) is 0 Å². The Bertz CT molecular complexity index is 1000. The Morgan fingerprint density at radius 1 is 1.07 bits per heavy atom. The molecule has 7 heteroatoms. The van der Waals surface area contributed by atoms with E-state index in [0.29, 0.717) is 37.4 Å². The fraction of sp³-hybridized carbons (Fsp3) is 0.478. The predicted octanol–water partition coefficient (Wildman–Crippen LogP) is 3.37. The highest BCUT2D eigenvalue weighted by molar-refractivity contribution is 7.89. The number of sulfonamides is 1. The van der Waals surface area contributed by atoms with Gasteiger partial charge < -0.3 is 4.90 Å². The van der Waals surface area contributed by atoms with Crippen molar-refractivity contribution in [3.63, 3.8) is 0 Å². The molecule has 2 heterocycles. The molecule has 6 nitrogen and oxygen atoms in total. The summed E-state index contributed by atoms with van der Waals surface area (Å²) in [6.07, 6.45) is 4.52. The van der Waals surface area contributed by atoms with Gasteiger partial charge in [0.15, 0.2) is 0 Å². The van der Waals surface area contributed by atoms with Crippen LogP contribution in [-0.4, -0.2) is 48.7 Å². The van der Waals surface area contributed by atoms with Crippen LogP contribution in [0.5, 0.6) is 0 Å². The molecular weight excluding hydrogens is 398 g/mol. The number of carbonyl (C=O) groups excluding carboxylic acids is 1. The summed E-state index contributed by atoms with van der Waals surface area (Å²) in [6, 6.07) is 5.83. The summed E-state index contributed by atoms with van der Waals surface area (Å²) in [5.74, 6) is -0.0765. The van der Waals surface area contributed by atoms with Crippen molar-refractivity contribution in [1.29, 1.82) is 0 Å². The van der Waals surface area contributed by atoms with Crippen LogP contribution in [0.2, 0.25) is 0 Å². The molecule has 0 radical (unpaired) electrons. The van der Waals surface area contributed by atoms with Crippen molar-refractivity contribution in [2.75, 3.05) is 20.1 Å². The molecule has 1 aromatic carbocycles. The maximum absolute atomic E-state index is 13.4. The van der Waals surface area contributed by atoms with E-state index in [-0.39, 0.29) is 11.8 Å². The molecule has 3 rings (SSSR count). The van der Waals surface area contributed by atoms with Crippen molar-refractivity contribution < 1.29 is 13.2 Å². The Morgan fingerprint density at radius 3 is 2.13 bits per heavy atom. The number of nitrogens with zero attached hydrogens (tertiary/aromatic N) is 3. The molecule has 0 N–H and O–H groups in total. The Morgan fingerprint density at radius 2 is 1.60 bits per heavy atom. The molecule has 1 aliphatic rings. The molecule has 162 valence electrons. The van der Waals surface area contributed by atoms with Crippen LogP contribution >= 0.6 is 0 Å². The number of pyridine rings is 1. The zero-order valence-electron chi connectivity index (χ0n) is 18.5. The molecule has 2 aromatic rings. The Labute approximate surface area is 180 Å². The summed E-state index contributed by atoms with van der Waals surface area (Å²) < 4.78 is 28.4. The molecule has 0 spiro atoms. The molecule has 30 heavy (non-hydrogen) atoms. The summed E-state index contributed by atoms with van der Waals surface area (Å²) in [7, 11) is -1.79. The average Bonchev–Trinajstić information content (AvgIpc) is 2.72. The molecule has 1 amide bonds. The van der Waals surface area contributed by atoms with Gasteiger partial charge in [0.2, 0.25) is 15.9 Å². The lowest BCUT2D eigenvalue weighted by molar-refractivity contribution is -0.135. The second-order valence-electron chi connectivity index (χ2n) is 8.32. The van der Waals surface area contributed by atoms with Gasteiger partial charge in [-0.05, 0) is 80.5 Å². The van der Waals surface area contributed by atoms with Gasteiger partial charge >= 0.3 is 0 Å². The van der Waals surface area contributed by atoms with Crippen LogP contribution in [0, 0.1) is 33.6 Å². The molecule has 0 bridgehead atoms. The van der Waals surface area contributed by atoms with Crippen molar-refractivity contribution in [2.24, 2.45) is 5.92 Å². The van der Waals surface area contributed by atoms with E-state index in [4.69, 9.17) is 0 Å². The number of carbonyl (C=O) groups is 1. The maximum Gasteiger partial charge on any atom is 0.243 e. The van der Waals surface area contributed by atoms with Gasteiger partial charge in [-0.2, -0.15) is 4.31 Å². The molecule has 0 unspecified atom stereocenters. The van der Waals surface area contributed by atoms with E-state index >= 15 is 0 Å². The monoisotopic (exact) mass is 429 g/mol. The van der Waals surface area contributed by atoms with Crippen molar-refractivity contribution in [3.05, 3.63) is 58.4 Å². The summed E-state index contributed by atoms with van der Waals surface area (Å²) in [6.45, 7) is 8.91. The summed E-state index contributed by atoms with van der Waals surface area (Å²) in [5, 5.41) is 0. The molecule has 1 saturated heterocycles. The van der Waals surface area contributed by atoms with Crippen molar-refractivity contribution >= 4 is 15.9 Å². The third-order valence-electron chi connectivity index (χ3n) is 6.24. The molecule has 0 saturated carbocycles. The van der Waals surface area contributed by atoms with Crippen LogP contribution in [0.25, 0.3) is 0 Å². The number of rotatable bonds is 5. The SMILES string of the molecule is Cc1cc(C)c(C)c(S(=O)(=O)N2CCC(C(=O)N(C)Cc3ccncc3)CC2)c1C. The lowest BCUT2D eigenvalue weighted by Crippen LogP contribution is -2.43. The molecule has 0 aliphatic carbocycles. The van der Waals surface area contributed by atoms with Crippen molar-refractivity contribution in [2.45, 2.75) is 52.0 Å². The highest BCUT2D eigenvalue weighted by Gasteiger charge is 2.35. The van der Waals surface area contributed by atoms with Gasteiger partial charge in [0.05, 0.1) is 4.90 Å². The first kappa shape index (κ1) is 22.4.